The van der Waals surface area contributed by atoms with Crippen molar-refractivity contribution in [3.8, 4) is 0 Å². The first kappa shape index (κ1) is 25.2. The minimum Gasteiger partial charge on any atom is -0.334 e. The second-order valence-corrected chi connectivity index (χ2v) is 8.44. The first-order chi connectivity index (χ1) is 16.8. The van der Waals surface area contributed by atoms with Crippen LogP contribution < -0.4 is 5.32 Å². The Hall–Kier alpha value is -3.89. The van der Waals surface area contributed by atoms with E-state index >= 15 is 0 Å². The van der Waals surface area contributed by atoms with E-state index in [1.807, 2.05) is 0 Å². The van der Waals surface area contributed by atoms with Gasteiger partial charge in [-0.25, -0.2) is 0 Å². The maximum absolute atomic E-state index is 13.6. The number of likely N-dealkylation sites (N-methyl/N-ethyl adjacent to an activating group) is 1. The van der Waals surface area contributed by atoms with Crippen molar-refractivity contribution in [3.63, 3.8) is 0 Å². The molecule has 2 aromatic carbocycles. The highest BCUT2D eigenvalue weighted by atomic mass is 19.4. The van der Waals surface area contributed by atoms with Crippen molar-refractivity contribution in [2.24, 2.45) is 0 Å². The normalized spacial score (nSPS) is 18.1. The van der Waals surface area contributed by atoms with E-state index in [1.54, 1.807) is 19.1 Å². The number of benzene rings is 2. The number of hydrogen-bond acceptors (Lipinski definition) is 3. The van der Waals surface area contributed by atoms with E-state index in [9.17, 15) is 35.9 Å². The highest BCUT2D eigenvalue weighted by Gasteiger charge is 2.45. The van der Waals surface area contributed by atoms with Crippen molar-refractivity contribution in [1.82, 2.24) is 9.88 Å². The molecule has 0 aliphatic carbocycles. The van der Waals surface area contributed by atoms with Gasteiger partial charge in [0.05, 0.1) is 23.1 Å². The number of aromatic nitrogens is 1. The van der Waals surface area contributed by atoms with E-state index < -0.39 is 52.8 Å². The quantitative estimate of drug-likeness (QED) is 0.444. The number of pyridine rings is 1. The molecule has 0 bridgehead atoms. The Bertz CT molecular complexity index is 1300. The third-order valence-corrected chi connectivity index (χ3v) is 6.09. The molecule has 1 aromatic heterocycles. The van der Waals surface area contributed by atoms with Crippen LogP contribution in [0.5, 0.6) is 0 Å². The highest BCUT2D eigenvalue weighted by molar-refractivity contribution is 6.04. The first-order valence-electron chi connectivity index (χ1n) is 10.7. The smallest absolute Gasteiger partial charge is 0.334 e. The lowest BCUT2D eigenvalue weighted by atomic mass is 9.78. The minimum absolute atomic E-state index is 0.0114. The van der Waals surface area contributed by atoms with E-state index in [2.05, 4.69) is 10.3 Å². The monoisotopic (exact) mass is 507 g/mol. The summed E-state index contributed by atoms with van der Waals surface area (Å²) >= 11 is 0. The van der Waals surface area contributed by atoms with Gasteiger partial charge in [0.25, 0.3) is 5.91 Å². The number of nitrogens with one attached hydrogen (secondary N) is 1. The molecule has 2 amide bonds. The number of rotatable bonds is 3. The molecule has 36 heavy (non-hydrogen) atoms. The number of nitrogens with zero attached hydrogens (tertiary/aromatic N) is 2. The Kier molecular flexibility index (Phi) is 6.27. The molecule has 2 heterocycles. The van der Waals surface area contributed by atoms with Crippen molar-refractivity contribution in [2.45, 2.75) is 31.2 Å². The number of halogens is 6. The lowest BCUT2D eigenvalue weighted by Crippen LogP contribution is -2.44. The van der Waals surface area contributed by atoms with Gasteiger partial charge in [-0.2, -0.15) is 26.3 Å². The molecule has 11 heteroatoms. The zero-order valence-electron chi connectivity index (χ0n) is 18.9. The minimum atomic E-state index is -5.09. The number of anilines is 1. The van der Waals surface area contributed by atoms with Gasteiger partial charge in [-0.15, -0.1) is 0 Å². The number of hydrogen-bond donors (Lipinski definition) is 1. The van der Waals surface area contributed by atoms with Gasteiger partial charge in [0, 0.05) is 30.7 Å². The topological polar surface area (TPSA) is 62.3 Å². The van der Waals surface area contributed by atoms with Crippen LogP contribution in [0.3, 0.4) is 0 Å². The van der Waals surface area contributed by atoms with Gasteiger partial charge in [0.1, 0.15) is 0 Å². The molecule has 1 N–H and O–H groups in total. The van der Waals surface area contributed by atoms with Crippen molar-refractivity contribution in [1.29, 1.82) is 0 Å². The third-order valence-electron chi connectivity index (χ3n) is 6.09. The average molecular weight is 507 g/mol. The number of carbonyl (C=O) groups is 2. The van der Waals surface area contributed by atoms with Crippen LogP contribution in [-0.4, -0.2) is 28.7 Å². The Balaban J connectivity index is 1.92. The molecule has 188 valence electrons. The fraction of sp³-hybridized carbons (Fsp3) is 0.240. The molecular formula is C25H19F6N3O2. The molecule has 2 unspecified atom stereocenters. The molecule has 0 saturated heterocycles. The zero-order valence-corrected chi connectivity index (χ0v) is 18.9. The predicted octanol–water partition coefficient (Wildman–Crippen LogP) is 5.98. The molecule has 0 fully saturated rings. The Morgan fingerprint density at radius 3 is 2.17 bits per heavy atom. The largest absolute Gasteiger partial charge is 0.416 e. The van der Waals surface area contributed by atoms with E-state index in [0.29, 0.717) is 23.4 Å². The van der Waals surface area contributed by atoms with Crippen molar-refractivity contribution < 1.29 is 35.9 Å². The summed E-state index contributed by atoms with van der Waals surface area (Å²) in [5.41, 5.74) is -2.24. The molecule has 1 aliphatic heterocycles. The van der Waals surface area contributed by atoms with Crippen LogP contribution in [0.2, 0.25) is 0 Å². The number of alkyl halides is 6. The molecular weight excluding hydrogens is 488 g/mol. The van der Waals surface area contributed by atoms with Crippen LogP contribution in [0.25, 0.3) is 0 Å². The van der Waals surface area contributed by atoms with Crippen LogP contribution in [-0.2, 0) is 17.1 Å². The van der Waals surface area contributed by atoms with Gasteiger partial charge in [0.15, 0.2) is 0 Å². The lowest BCUT2D eigenvalue weighted by Gasteiger charge is -2.40. The fourth-order valence-corrected chi connectivity index (χ4v) is 4.35. The third kappa shape index (κ3) is 4.65. The van der Waals surface area contributed by atoms with Gasteiger partial charge >= 0.3 is 12.4 Å². The lowest BCUT2D eigenvalue weighted by molar-refractivity contribution is -0.143. The van der Waals surface area contributed by atoms with E-state index in [0.717, 1.165) is 4.90 Å². The summed E-state index contributed by atoms with van der Waals surface area (Å²) in [5, 5.41) is 2.68. The highest BCUT2D eigenvalue weighted by Crippen LogP contribution is 2.45. The fourth-order valence-electron chi connectivity index (χ4n) is 4.35. The molecule has 1 aliphatic rings. The molecule has 2 atom stereocenters. The second kappa shape index (κ2) is 8.96. The van der Waals surface area contributed by atoms with E-state index in [4.69, 9.17) is 0 Å². The summed E-state index contributed by atoms with van der Waals surface area (Å²) in [4.78, 5) is 31.6. The van der Waals surface area contributed by atoms with Crippen LogP contribution >= 0.6 is 0 Å². The van der Waals surface area contributed by atoms with Gasteiger partial charge in [-0.1, -0.05) is 18.2 Å². The molecule has 5 nitrogen and oxygen atoms in total. The predicted molar refractivity (Wildman–Crippen MR) is 118 cm³/mol. The summed E-state index contributed by atoms with van der Waals surface area (Å²) in [6.07, 6.45) is -7.26. The first-order valence-corrected chi connectivity index (χ1v) is 10.7. The molecule has 0 saturated carbocycles. The molecule has 3 aromatic rings. The van der Waals surface area contributed by atoms with Gasteiger partial charge < -0.3 is 10.2 Å². The van der Waals surface area contributed by atoms with Gasteiger partial charge in [-0.3, -0.25) is 14.6 Å². The Morgan fingerprint density at radius 1 is 0.972 bits per heavy atom. The average Bonchev–Trinajstić information content (AvgIpc) is 2.81. The number of aryl methyl sites for hydroxylation is 1. The Morgan fingerprint density at radius 2 is 1.58 bits per heavy atom. The van der Waals surface area contributed by atoms with Crippen LogP contribution in [0, 0.1) is 6.92 Å². The standard InChI is InChI=1S/C25H19F6N3O2/c1-13-12-32-8-7-19(13)33-22(35)20-17-5-3-4-6-18(17)23(36)34(2)21(20)14-9-15(24(26,27)28)11-16(10-14)25(29,30)31/h3-12,20-21H,1-2H3,(H,32,33,35). The second-order valence-electron chi connectivity index (χ2n) is 8.44. The maximum Gasteiger partial charge on any atom is 0.416 e. The SMILES string of the molecule is Cc1cnccc1NC(=O)C1c2ccccc2C(=O)N(C)C1c1cc(C(F)(F)F)cc(C(F)(F)F)c1. The molecule has 0 radical (unpaired) electrons. The zero-order chi connectivity index (χ0) is 26.4. The Labute approximate surface area is 201 Å². The van der Waals surface area contributed by atoms with Crippen molar-refractivity contribution >= 4 is 17.5 Å². The van der Waals surface area contributed by atoms with E-state index in [-0.39, 0.29) is 17.2 Å². The van der Waals surface area contributed by atoms with E-state index in [1.165, 1.54) is 37.6 Å². The molecule has 0 spiro atoms. The number of fused-ring (bicyclic) bond motifs is 1. The van der Waals surface area contributed by atoms with Gasteiger partial charge in [0.2, 0.25) is 5.91 Å². The summed E-state index contributed by atoms with van der Waals surface area (Å²) in [7, 11) is 1.24. The number of amides is 2. The van der Waals surface area contributed by atoms with Crippen LogP contribution in [0.4, 0.5) is 32.0 Å². The van der Waals surface area contributed by atoms with Crippen LogP contribution in [0.15, 0.2) is 60.9 Å². The summed E-state index contributed by atoms with van der Waals surface area (Å²) in [6.45, 7) is 1.67. The summed E-state index contributed by atoms with van der Waals surface area (Å²) in [5.74, 6) is -2.64. The summed E-state index contributed by atoms with van der Waals surface area (Å²) in [6, 6.07) is 7.20. The maximum atomic E-state index is 13.6. The summed E-state index contributed by atoms with van der Waals surface area (Å²) < 4.78 is 81.4. The van der Waals surface area contributed by atoms with Gasteiger partial charge in [-0.05, 0) is 53.9 Å². The molecule has 4 rings (SSSR count). The van der Waals surface area contributed by atoms with Crippen molar-refractivity contribution in [3.05, 3.63) is 94.3 Å². The van der Waals surface area contributed by atoms with Crippen LogP contribution in [0.1, 0.15) is 50.1 Å². The van der Waals surface area contributed by atoms with Crippen molar-refractivity contribution in [2.75, 3.05) is 12.4 Å². The number of carbonyl (C=O) groups excluding carboxylic acids is 2.